The second-order valence-electron chi connectivity index (χ2n) is 7.84. The first-order chi connectivity index (χ1) is 15.4. The fourth-order valence-corrected chi connectivity index (χ4v) is 3.96. The Bertz CT molecular complexity index is 1090. The molecule has 7 nitrogen and oxygen atoms in total. The maximum Gasteiger partial charge on any atom is 0.244 e. The van der Waals surface area contributed by atoms with Crippen molar-refractivity contribution in [3.63, 3.8) is 0 Å². The number of halogens is 2. The number of hydrogen-bond acceptors (Lipinski definition) is 4. The zero-order valence-corrected chi connectivity index (χ0v) is 20.0. The molecule has 0 aliphatic rings. The molecule has 0 saturated heterocycles. The highest BCUT2D eigenvalue weighted by Gasteiger charge is 2.30. The van der Waals surface area contributed by atoms with Gasteiger partial charge in [0.05, 0.1) is 11.9 Å². The van der Waals surface area contributed by atoms with Crippen LogP contribution in [0.25, 0.3) is 0 Å². The number of carbonyl (C=O) groups is 2. The normalized spacial score (nSPS) is 12.2. The molecule has 0 saturated carbocycles. The van der Waals surface area contributed by atoms with Gasteiger partial charge < -0.3 is 10.2 Å². The fraction of sp³-hybridized carbons (Fsp3) is 0.391. The third-order valence-electron chi connectivity index (χ3n) is 5.06. The van der Waals surface area contributed by atoms with Crippen LogP contribution in [-0.2, 0) is 26.2 Å². The van der Waals surface area contributed by atoms with Gasteiger partial charge in [-0.1, -0.05) is 36.8 Å². The quantitative estimate of drug-likeness (QED) is 0.565. The molecule has 0 aliphatic carbocycles. The van der Waals surface area contributed by atoms with Gasteiger partial charge in [0, 0.05) is 19.2 Å². The highest BCUT2D eigenvalue weighted by molar-refractivity contribution is 7.92. The molecule has 0 heterocycles. The molecule has 33 heavy (non-hydrogen) atoms. The second kappa shape index (κ2) is 11.2. The molecule has 1 N–H and O–H groups in total. The minimum atomic E-state index is -4.02. The standard InChI is InChI=1S/C23H29F2N3O4S/c1-5-12-26-23(30)17(3)27(14-18-8-6-16(2)7-9-18)22(29)15-28(33(4,31)32)19-10-11-20(24)21(25)13-19/h6-11,13,17H,5,12,14-15H2,1-4H3,(H,26,30)/t17-/m1/s1. The van der Waals surface area contributed by atoms with Crippen molar-refractivity contribution in [1.82, 2.24) is 10.2 Å². The molecule has 0 unspecified atom stereocenters. The monoisotopic (exact) mass is 481 g/mol. The van der Waals surface area contributed by atoms with E-state index in [4.69, 9.17) is 0 Å². The Kier molecular flexibility index (Phi) is 8.92. The summed E-state index contributed by atoms with van der Waals surface area (Å²) in [5, 5.41) is 2.74. The predicted octanol–water partition coefficient (Wildman–Crippen LogP) is 2.98. The topological polar surface area (TPSA) is 86.8 Å². The van der Waals surface area contributed by atoms with E-state index in [2.05, 4.69) is 5.32 Å². The van der Waals surface area contributed by atoms with Crippen LogP contribution < -0.4 is 9.62 Å². The first kappa shape index (κ1) is 26.2. The molecule has 0 bridgehead atoms. The van der Waals surface area contributed by atoms with Gasteiger partial charge in [-0.3, -0.25) is 13.9 Å². The number of amides is 2. The molecule has 0 aliphatic heterocycles. The van der Waals surface area contributed by atoms with Crippen LogP contribution in [0.15, 0.2) is 42.5 Å². The maximum absolute atomic E-state index is 13.8. The minimum absolute atomic E-state index is 0.0647. The van der Waals surface area contributed by atoms with Gasteiger partial charge >= 0.3 is 0 Å². The van der Waals surface area contributed by atoms with Crippen LogP contribution in [0.5, 0.6) is 0 Å². The zero-order valence-electron chi connectivity index (χ0n) is 19.1. The Balaban J connectivity index is 2.38. The smallest absolute Gasteiger partial charge is 0.244 e. The number of sulfonamides is 1. The number of nitrogens with one attached hydrogen (secondary N) is 1. The minimum Gasteiger partial charge on any atom is -0.354 e. The third-order valence-corrected chi connectivity index (χ3v) is 6.20. The van der Waals surface area contributed by atoms with Crippen LogP contribution in [0.2, 0.25) is 0 Å². The molecule has 180 valence electrons. The van der Waals surface area contributed by atoms with Gasteiger partial charge in [0.2, 0.25) is 21.8 Å². The summed E-state index contributed by atoms with van der Waals surface area (Å²) in [4.78, 5) is 27.2. The maximum atomic E-state index is 13.8. The summed E-state index contributed by atoms with van der Waals surface area (Å²) in [6.45, 7) is 5.18. The van der Waals surface area contributed by atoms with Crippen molar-refractivity contribution in [2.75, 3.05) is 23.7 Å². The summed E-state index contributed by atoms with van der Waals surface area (Å²) in [6.07, 6.45) is 1.57. The largest absolute Gasteiger partial charge is 0.354 e. The van der Waals surface area contributed by atoms with Crippen LogP contribution >= 0.6 is 0 Å². The zero-order chi connectivity index (χ0) is 24.8. The van der Waals surface area contributed by atoms with E-state index in [0.29, 0.717) is 23.3 Å². The van der Waals surface area contributed by atoms with Gasteiger partial charge in [-0.05, 0) is 38.0 Å². The lowest BCUT2D eigenvalue weighted by molar-refractivity contribution is -0.139. The average molecular weight is 482 g/mol. The lowest BCUT2D eigenvalue weighted by Gasteiger charge is -2.31. The average Bonchev–Trinajstić information content (AvgIpc) is 2.76. The Morgan fingerprint density at radius 2 is 1.70 bits per heavy atom. The summed E-state index contributed by atoms with van der Waals surface area (Å²) in [5.41, 5.74) is 1.58. The lowest BCUT2D eigenvalue weighted by atomic mass is 10.1. The molecule has 0 fully saturated rings. The van der Waals surface area contributed by atoms with E-state index in [0.717, 1.165) is 29.5 Å². The number of nitrogens with zero attached hydrogens (tertiary/aromatic N) is 2. The van der Waals surface area contributed by atoms with Crippen molar-refractivity contribution in [2.24, 2.45) is 0 Å². The highest BCUT2D eigenvalue weighted by atomic mass is 32.2. The van der Waals surface area contributed by atoms with Crippen molar-refractivity contribution >= 4 is 27.5 Å². The van der Waals surface area contributed by atoms with Crippen molar-refractivity contribution in [1.29, 1.82) is 0 Å². The van der Waals surface area contributed by atoms with E-state index >= 15 is 0 Å². The summed E-state index contributed by atoms with van der Waals surface area (Å²) < 4.78 is 52.6. The first-order valence-corrected chi connectivity index (χ1v) is 12.3. The number of carbonyl (C=O) groups excluding carboxylic acids is 2. The van der Waals surface area contributed by atoms with Crippen LogP contribution in [-0.4, -0.2) is 50.5 Å². The van der Waals surface area contributed by atoms with Crippen LogP contribution in [0.4, 0.5) is 14.5 Å². The van der Waals surface area contributed by atoms with Gasteiger partial charge in [-0.25, -0.2) is 17.2 Å². The lowest BCUT2D eigenvalue weighted by Crippen LogP contribution is -2.51. The van der Waals surface area contributed by atoms with Gasteiger partial charge in [0.25, 0.3) is 0 Å². The Morgan fingerprint density at radius 3 is 2.24 bits per heavy atom. The second-order valence-corrected chi connectivity index (χ2v) is 9.75. The molecule has 2 amide bonds. The first-order valence-electron chi connectivity index (χ1n) is 10.5. The SMILES string of the molecule is CCCNC(=O)[C@@H](C)N(Cc1ccc(C)cc1)C(=O)CN(c1ccc(F)c(F)c1)S(C)(=O)=O. The Hall–Kier alpha value is -3.01. The van der Waals surface area contributed by atoms with Gasteiger partial charge in [-0.15, -0.1) is 0 Å². The number of aryl methyl sites for hydroxylation is 1. The number of rotatable bonds is 10. The highest BCUT2D eigenvalue weighted by Crippen LogP contribution is 2.21. The molecular weight excluding hydrogens is 452 g/mol. The molecule has 2 aromatic rings. The van der Waals surface area contributed by atoms with Crippen molar-refractivity contribution < 1.29 is 26.8 Å². The molecule has 10 heteroatoms. The summed E-state index contributed by atoms with van der Waals surface area (Å²) in [6, 6.07) is 9.05. The molecule has 0 aromatic heterocycles. The van der Waals surface area contributed by atoms with E-state index < -0.39 is 40.2 Å². The molecule has 0 spiro atoms. The van der Waals surface area contributed by atoms with Crippen molar-refractivity contribution in [3.8, 4) is 0 Å². The third kappa shape index (κ3) is 7.24. The fourth-order valence-electron chi connectivity index (χ4n) is 3.12. The predicted molar refractivity (Wildman–Crippen MR) is 123 cm³/mol. The van der Waals surface area contributed by atoms with E-state index in [9.17, 15) is 26.8 Å². The number of anilines is 1. The van der Waals surface area contributed by atoms with Gasteiger partial charge in [0.15, 0.2) is 11.6 Å². The van der Waals surface area contributed by atoms with Crippen LogP contribution in [0.3, 0.4) is 0 Å². The summed E-state index contributed by atoms with van der Waals surface area (Å²) in [5.74, 6) is -3.42. The number of hydrogen-bond donors (Lipinski definition) is 1. The van der Waals surface area contributed by atoms with Gasteiger partial charge in [0.1, 0.15) is 12.6 Å². The number of benzene rings is 2. The summed E-state index contributed by atoms with van der Waals surface area (Å²) in [7, 11) is -4.02. The van der Waals surface area contributed by atoms with E-state index in [1.807, 2.05) is 38.1 Å². The van der Waals surface area contributed by atoms with Crippen LogP contribution in [0.1, 0.15) is 31.4 Å². The Morgan fingerprint density at radius 1 is 1.06 bits per heavy atom. The molecular formula is C23H29F2N3O4S. The van der Waals surface area contributed by atoms with Crippen molar-refractivity contribution in [2.45, 2.75) is 39.8 Å². The van der Waals surface area contributed by atoms with E-state index in [1.54, 1.807) is 6.92 Å². The molecule has 1 atom stereocenters. The molecule has 2 aromatic carbocycles. The summed E-state index contributed by atoms with van der Waals surface area (Å²) >= 11 is 0. The van der Waals surface area contributed by atoms with E-state index in [-0.39, 0.29) is 18.1 Å². The van der Waals surface area contributed by atoms with Gasteiger partial charge in [-0.2, -0.15) is 0 Å². The van der Waals surface area contributed by atoms with E-state index in [1.165, 1.54) is 4.90 Å². The molecule has 0 radical (unpaired) electrons. The van der Waals surface area contributed by atoms with Crippen LogP contribution in [0, 0.1) is 18.6 Å². The molecule has 2 rings (SSSR count). The van der Waals surface area contributed by atoms with Crippen molar-refractivity contribution in [3.05, 3.63) is 65.2 Å². The Labute approximate surface area is 193 Å².